The van der Waals surface area contributed by atoms with Crippen LogP contribution in [0.15, 0.2) is 120 Å². The highest BCUT2D eigenvalue weighted by Gasteiger charge is 2.40. The molecule has 5 aromatic rings. The van der Waals surface area contributed by atoms with E-state index in [1.165, 1.54) is 15.7 Å². The van der Waals surface area contributed by atoms with Gasteiger partial charge in [0.1, 0.15) is 24.0 Å². The molecule has 2 amide bonds. The van der Waals surface area contributed by atoms with E-state index in [2.05, 4.69) is 30.3 Å². The van der Waals surface area contributed by atoms with Crippen molar-refractivity contribution in [1.29, 1.82) is 5.26 Å². The number of nitrogens with zero attached hydrogens (tertiary/aromatic N) is 4. The van der Waals surface area contributed by atoms with Gasteiger partial charge in [-0.2, -0.15) is 10.4 Å². The first-order chi connectivity index (χ1) is 23.0. The molecule has 2 aliphatic rings. The highest BCUT2D eigenvalue weighted by Crippen LogP contribution is 2.35. The third-order valence-corrected chi connectivity index (χ3v) is 9.18. The van der Waals surface area contributed by atoms with Gasteiger partial charge in [0, 0.05) is 28.9 Å². The van der Waals surface area contributed by atoms with E-state index in [4.69, 9.17) is 9.84 Å². The van der Waals surface area contributed by atoms with E-state index in [0.717, 1.165) is 54.7 Å². The average molecular weight is 619 g/mol. The third-order valence-electron chi connectivity index (χ3n) is 9.18. The average Bonchev–Trinajstić information content (AvgIpc) is 3.54. The number of para-hydroxylation sites is 1. The van der Waals surface area contributed by atoms with Crippen LogP contribution in [0.4, 0.5) is 0 Å². The van der Waals surface area contributed by atoms with Crippen LogP contribution >= 0.6 is 0 Å². The van der Waals surface area contributed by atoms with Crippen LogP contribution in [0.2, 0.25) is 0 Å². The summed E-state index contributed by atoms with van der Waals surface area (Å²) in [5, 5.41) is 17.3. The number of carbonyl (C=O) groups excluding carboxylic acids is 2. The van der Waals surface area contributed by atoms with Gasteiger partial charge in [0.2, 0.25) is 0 Å². The minimum Gasteiger partial charge on any atom is -0.489 e. The first-order valence-electron chi connectivity index (χ1n) is 16.1. The van der Waals surface area contributed by atoms with Crippen molar-refractivity contribution >= 4 is 28.7 Å². The van der Waals surface area contributed by atoms with Crippen molar-refractivity contribution in [2.75, 3.05) is 0 Å². The van der Waals surface area contributed by atoms with E-state index in [-0.39, 0.29) is 17.5 Å². The Bertz CT molecular complexity index is 2070. The molecular weight excluding hydrogens is 584 g/mol. The monoisotopic (exact) mass is 618 g/mol. The summed E-state index contributed by atoms with van der Waals surface area (Å²) in [5.74, 6) is -0.113. The maximum Gasteiger partial charge on any atom is 0.271 e. The first kappa shape index (κ1) is 29.9. The van der Waals surface area contributed by atoms with E-state index >= 15 is 0 Å². The summed E-state index contributed by atoms with van der Waals surface area (Å²) in [6.45, 7) is 2.12. The fraction of sp³-hybridized carbons (Fsp3) is 0.200. The zero-order chi connectivity index (χ0) is 32.3. The van der Waals surface area contributed by atoms with E-state index in [1.54, 1.807) is 17.7 Å². The van der Waals surface area contributed by atoms with Crippen LogP contribution in [0.1, 0.15) is 50.2 Å². The maximum absolute atomic E-state index is 14.0. The van der Waals surface area contributed by atoms with Crippen molar-refractivity contribution in [3.8, 4) is 28.8 Å². The highest BCUT2D eigenvalue weighted by atomic mass is 16.5. The zero-order valence-electron chi connectivity index (χ0n) is 26.2. The molecule has 232 valence electrons. The molecule has 1 aromatic heterocycles. The molecule has 7 heteroatoms. The quantitative estimate of drug-likeness (QED) is 0.136. The fourth-order valence-electron chi connectivity index (χ4n) is 6.64. The summed E-state index contributed by atoms with van der Waals surface area (Å²) in [4.78, 5) is 28.7. The Kier molecular flexibility index (Phi) is 8.24. The summed E-state index contributed by atoms with van der Waals surface area (Å²) >= 11 is 0. The molecule has 0 atom stereocenters. The second kappa shape index (κ2) is 12.9. The predicted octanol–water partition coefficient (Wildman–Crippen LogP) is 8.20. The second-order valence-electron chi connectivity index (χ2n) is 12.1. The van der Waals surface area contributed by atoms with Gasteiger partial charge in [-0.05, 0) is 84.1 Å². The lowest BCUT2D eigenvalue weighted by Crippen LogP contribution is -2.49. The highest BCUT2D eigenvalue weighted by molar-refractivity contribution is 6.20. The normalized spacial score (nSPS) is 16.6. The van der Waals surface area contributed by atoms with Gasteiger partial charge < -0.3 is 4.74 Å². The summed E-state index contributed by atoms with van der Waals surface area (Å²) in [6, 6.07) is 33.9. The van der Waals surface area contributed by atoms with Crippen LogP contribution < -0.4 is 4.74 Å². The first-order valence-corrected chi connectivity index (χ1v) is 16.1. The number of benzene rings is 4. The lowest BCUT2D eigenvalue weighted by Gasteiger charge is -2.36. The molecule has 7 rings (SSSR count). The van der Waals surface area contributed by atoms with E-state index in [9.17, 15) is 14.9 Å². The molecule has 1 aliphatic heterocycles. The van der Waals surface area contributed by atoms with Crippen molar-refractivity contribution in [2.45, 2.75) is 51.7 Å². The van der Waals surface area contributed by atoms with Gasteiger partial charge in [-0.25, -0.2) is 4.68 Å². The number of ether oxygens (including phenoxy) is 1. The van der Waals surface area contributed by atoms with Crippen molar-refractivity contribution in [1.82, 2.24) is 14.7 Å². The van der Waals surface area contributed by atoms with Crippen molar-refractivity contribution in [3.63, 3.8) is 0 Å². The minimum absolute atomic E-state index is 0.0196. The third kappa shape index (κ3) is 5.86. The number of imide groups is 1. The predicted molar refractivity (Wildman–Crippen MR) is 182 cm³/mol. The summed E-state index contributed by atoms with van der Waals surface area (Å²) in [6.07, 6.45) is 8.19. The van der Waals surface area contributed by atoms with Crippen LogP contribution in [0.3, 0.4) is 0 Å². The SMILES string of the molecule is CC1=C(C#N)C(=O)N(C2CCCCC2)C(=O)/C1=C/c1cn(-c2ccccc2)nc1-c1ccc(OCc2cccc3ccccc23)cc1. The van der Waals surface area contributed by atoms with Gasteiger partial charge in [-0.1, -0.05) is 79.9 Å². The second-order valence-corrected chi connectivity index (χ2v) is 12.1. The van der Waals surface area contributed by atoms with Crippen molar-refractivity contribution in [2.24, 2.45) is 0 Å². The smallest absolute Gasteiger partial charge is 0.271 e. The number of carbonyl (C=O) groups is 2. The molecule has 0 saturated heterocycles. The summed E-state index contributed by atoms with van der Waals surface area (Å²) in [5.41, 5.74) is 4.95. The van der Waals surface area contributed by atoms with Gasteiger partial charge in [-0.3, -0.25) is 14.5 Å². The van der Waals surface area contributed by atoms with Gasteiger partial charge in [-0.15, -0.1) is 0 Å². The van der Waals surface area contributed by atoms with Crippen molar-refractivity contribution in [3.05, 3.63) is 131 Å². The van der Waals surface area contributed by atoms with Gasteiger partial charge in [0.05, 0.1) is 11.4 Å². The van der Waals surface area contributed by atoms with E-state index < -0.39 is 5.91 Å². The lowest BCUT2D eigenvalue weighted by atomic mass is 9.88. The molecule has 7 nitrogen and oxygen atoms in total. The molecule has 4 aromatic carbocycles. The van der Waals surface area contributed by atoms with E-state index in [1.807, 2.05) is 79.0 Å². The van der Waals surface area contributed by atoms with Crippen molar-refractivity contribution < 1.29 is 14.3 Å². The van der Waals surface area contributed by atoms with Crippen LogP contribution in [-0.4, -0.2) is 32.5 Å². The Hall–Kier alpha value is -5.74. The van der Waals surface area contributed by atoms with E-state index in [0.29, 0.717) is 29.0 Å². The molecular formula is C40H34N4O3. The Morgan fingerprint density at radius 1 is 0.872 bits per heavy atom. The number of nitriles is 1. The molecule has 1 aliphatic carbocycles. The topological polar surface area (TPSA) is 88.2 Å². The Morgan fingerprint density at radius 3 is 2.36 bits per heavy atom. The molecule has 2 heterocycles. The van der Waals surface area contributed by atoms with Gasteiger partial charge in [0.25, 0.3) is 11.8 Å². The summed E-state index contributed by atoms with van der Waals surface area (Å²) in [7, 11) is 0. The number of aromatic nitrogens is 2. The molecule has 1 saturated carbocycles. The number of amides is 2. The number of hydrogen-bond donors (Lipinski definition) is 0. The fourth-order valence-corrected chi connectivity index (χ4v) is 6.64. The largest absolute Gasteiger partial charge is 0.489 e. The Balaban J connectivity index is 1.24. The zero-order valence-corrected chi connectivity index (χ0v) is 26.2. The number of hydrogen-bond acceptors (Lipinski definition) is 5. The molecule has 47 heavy (non-hydrogen) atoms. The summed E-state index contributed by atoms with van der Waals surface area (Å²) < 4.78 is 7.98. The molecule has 0 unspecified atom stereocenters. The van der Waals surface area contributed by atoms with Crippen LogP contribution in [0, 0.1) is 11.3 Å². The Morgan fingerprint density at radius 2 is 1.60 bits per heavy atom. The minimum atomic E-state index is -0.488. The van der Waals surface area contributed by atoms with Crippen LogP contribution in [0.5, 0.6) is 5.75 Å². The molecule has 1 fully saturated rings. The standard InChI is InChI=1S/C40H34N4O3/c1-27-36(39(45)44(40(46)37(27)24-41)33-16-6-3-7-17-33)23-31-25-43(32-14-4-2-5-15-32)42-38(31)29-19-21-34(22-20-29)47-26-30-13-10-12-28-11-8-9-18-35(28)30/h2,4-5,8-15,18-23,25,33H,3,6-7,16-17,26H2,1H3/b36-23+. The Labute approximate surface area is 274 Å². The van der Waals surface area contributed by atoms with Gasteiger partial charge >= 0.3 is 0 Å². The molecule has 0 bridgehead atoms. The molecule has 0 N–H and O–H groups in total. The number of fused-ring (bicyclic) bond motifs is 1. The number of rotatable bonds is 7. The molecule has 0 radical (unpaired) electrons. The maximum atomic E-state index is 14.0. The lowest BCUT2D eigenvalue weighted by molar-refractivity contribution is -0.143. The van der Waals surface area contributed by atoms with Gasteiger partial charge in [0.15, 0.2) is 0 Å². The molecule has 0 spiro atoms. The van der Waals surface area contributed by atoms with Crippen LogP contribution in [-0.2, 0) is 16.2 Å². The van der Waals surface area contributed by atoms with Crippen LogP contribution in [0.25, 0.3) is 33.8 Å².